The molecule has 0 aliphatic rings. The normalized spacial score (nSPS) is 11.1. The van der Waals surface area contributed by atoms with Gasteiger partial charge in [0.2, 0.25) is 10.0 Å². The third-order valence-electron chi connectivity index (χ3n) is 3.48. The topological polar surface area (TPSA) is 84.5 Å². The number of sulfonamides is 1. The first kappa shape index (κ1) is 21.2. The van der Waals surface area contributed by atoms with Crippen LogP contribution in [-0.4, -0.2) is 28.0 Å². The predicted octanol–water partition coefficient (Wildman–Crippen LogP) is 3.86. The average Bonchev–Trinajstić information content (AvgIpc) is 2.61. The van der Waals surface area contributed by atoms with Crippen LogP contribution in [-0.2, 0) is 15.8 Å². The molecule has 0 saturated carbocycles. The minimum Gasteiger partial charge on any atom is -0.494 e. The third-order valence-corrected chi connectivity index (χ3v) is 5.36. The Morgan fingerprint density at radius 1 is 1.19 bits per heavy atom. The number of halogens is 2. The van der Waals surface area contributed by atoms with E-state index in [4.69, 9.17) is 27.9 Å². The van der Waals surface area contributed by atoms with Gasteiger partial charge in [0.15, 0.2) is 5.75 Å². The zero-order valence-electron chi connectivity index (χ0n) is 14.5. The minimum atomic E-state index is -3.44. The molecule has 1 amide bonds. The van der Waals surface area contributed by atoms with Gasteiger partial charge >= 0.3 is 0 Å². The van der Waals surface area contributed by atoms with Gasteiger partial charge in [-0.15, -0.1) is 6.58 Å². The van der Waals surface area contributed by atoms with Crippen LogP contribution in [0, 0.1) is 0 Å². The van der Waals surface area contributed by atoms with Crippen molar-refractivity contribution >= 4 is 44.8 Å². The standard InChI is InChI=1S/C18H18Cl2N2O4S/c1-3-8-21-27(24,25)11-12-4-6-14(7-5-12)22-18(23)13-9-15(19)17(26-2)16(20)10-13/h3-7,9-10,21H,1,8,11H2,2H3,(H,22,23). The summed E-state index contributed by atoms with van der Waals surface area (Å²) in [5, 5.41) is 3.15. The molecule has 0 aliphatic carbocycles. The van der Waals surface area contributed by atoms with E-state index >= 15 is 0 Å². The number of hydrogen-bond acceptors (Lipinski definition) is 4. The highest BCUT2D eigenvalue weighted by atomic mass is 35.5. The Morgan fingerprint density at radius 2 is 1.78 bits per heavy atom. The number of hydrogen-bond donors (Lipinski definition) is 2. The van der Waals surface area contributed by atoms with E-state index in [0.29, 0.717) is 17.0 Å². The van der Waals surface area contributed by atoms with Crippen molar-refractivity contribution in [3.8, 4) is 5.75 Å². The lowest BCUT2D eigenvalue weighted by Crippen LogP contribution is -2.25. The Bertz CT molecular complexity index is 921. The van der Waals surface area contributed by atoms with E-state index in [2.05, 4.69) is 16.6 Å². The van der Waals surface area contributed by atoms with Gasteiger partial charge in [-0.2, -0.15) is 0 Å². The largest absolute Gasteiger partial charge is 0.494 e. The van der Waals surface area contributed by atoms with Gasteiger partial charge in [-0.05, 0) is 29.8 Å². The molecule has 2 aromatic carbocycles. The number of amides is 1. The Hall–Kier alpha value is -2.06. The molecule has 27 heavy (non-hydrogen) atoms. The lowest BCUT2D eigenvalue weighted by atomic mass is 10.2. The molecule has 0 saturated heterocycles. The number of carbonyl (C=O) groups excluding carboxylic acids is 1. The van der Waals surface area contributed by atoms with Gasteiger partial charge in [0.1, 0.15) is 0 Å². The van der Waals surface area contributed by atoms with Gasteiger partial charge in [0.05, 0.1) is 22.9 Å². The smallest absolute Gasteiger partial charge is 0.255 e. The molecule has 0 spiro atoms. The molecule has 6 nitrogen and oxygen atoms in total. The summed E-state index contributed by atoms with van der Waals surface area (Å²) in [6, 6.07) is 9.38. The summed E-state index contributed by atoms with van der Waals surface area (Å²) in [5.74, 6) is -0.279. The average molecular weight is 429 g/mol. The molecule has 0 bridgehead atoms. The van der Waals surface area contributed by atoms with Crippen molar-refractivity contribution in [2.24, 2.45) is 0 Å². The van der Waals surface area contributed by atoms with Crippen molar-refractivity contribution in [2.75, 3.05) is 19.0 Å². The molecule has 0 radical (unpaired) electrons. The summed E-state index contributed by atoms with van der Waals surface area (Å²) in [6.45, 7) is 3.63. The molecule has 9 heteroatoms. The molecule has 2 aromatic rings. The highest BCUT2D eigenvalue weighted by molar-refractivity contribution is 7.88. The van der Waals surface area contributed by atoms with Crippen LogP contribution in [0.2, 0.25) is 10.0 Å². The van der Waals surface area contributed by atoms with Crippen molar-refractivity contribution in [3.63, 3.8) is 0 Å². The predicted molar refractivity (Wildman–Crippen MR) is 108 cm³/mol. The molecule has 2 N–H and O–H groups in total. The molecule has 0 atom stereocenters. The molecule has 0 aromatic heterocycles. The second-order valence-electron chi connectivity index (χ2n) is 5.52. The van der Waals surface area contributed by atoms with E-state index in [1.54, 1.807) is 24.3 Å². The Labute approximate surface area is 168 Å². The number of benzene rings is 2. The van der Waals surface area contributed by atoms with Crippen LogP contribution in [0.15, 0.2) is 49.1 Å². The Morgan fingerprint density at radius 3 is 2.30 bits per heavy atom. The van der Waals surface area contributed by atoms with Crippen LogP contribution in [0.3, 0.4) is 0 Å². The van der Waals surface area contributed by atoms with E-state index in [1.807, 2.05) is 0 Å². The Balaban J connectivity index is 2.08. The molecule has 2 rings (SSSR count). The number of anilines is 1. The zero-order valence-corrected chi connectivity index (χ0v) is 16.8. The summed E-state index contributed by atoms with van der Waals surface area (Å²) in [5.41, 5.74) is 1.36. The van der Waals surface area contributed by atoms with Gasteiger partial charge in [0.25, 0.3) is 5.91 Å². The maximum Gasteiger partial charge on any atom is 0.255 e. The fraction of sp³-hybridized carbons (Fsp3) is 0.167. The number of ether oxygens (including phenoxy) is 1. The molecule has 0 unspecified atom stereocenters. The highest BCUT2D eigenvalue weighted by Gasteiger charge is 2.14. The van der Waals surface area contributed by atoms with Crippen LogP contribution in [0.1, 0.15) is 15.9 Å². The summed E-state index contributed by atoms with van der Waals surface area (Å²) in [7, 11) is -2.01. The fourth-order valence-corrected chi connectivity index (χ4v) is 3.98. The first-order chi connectivity index (χ1) is 12.8. The second-order valence-corrected chi connectivity index (χ2v) is 8.14. The van der Waals surface area contributed by atoms with E-state index in [0.717, 1.165) is 0 Å². The molecule has 144 valence electrons. The minimum absolute atomic E-state index is 0.168. The van der Waals surface area contributed by atoms with Crippen molar-refractivity contribution in [3.05, 3.63) is 70.2 Å². The number of nitrogens with one attached hydrogen (secondary N) is 2. The summed E-state index contributed by atoms with van der Waals surface area (Å²) in [6.07, 6.45) is 1.47. The van der Waals surface area contributed by atoms with Crippen LogP contribution in [0.4, 0.5) is 5.69 Å². The number of carbonyl (C=O) groups is 1. The number of methoxy groups -OCH3 is 1. The van der Waals surface area contributed by atoms with Crippen LogP contribution < -0.4 is 14.8 Å². The maximum absolute atomic E-state index is 12.4. The fourth-order valence-electron chi connectivity index (χ4n) is 2.23. The SMILES string of the molecule is C=CCNS(=O)(=O)Cc1ccc(NC(=O)c2cc(Cl)c(OC)c(Cl)c2)cc1. The van der Waals surface area contributed by atoms with Gasteiger partial charge in [0, 0.05) is 17.8 Å². The molecular weight excluding hydrogens is 411 g/mol. The van der Waals surface area contributed by atoms with Crippen molar-refractivity contribution < 1.29 is 17.9 Å². The van der Waals surface area contributed by atoms with Crippen LogP contribution >= 0.6 is 23.2 Å². The van der Waals surface area contributed by atoms with Crippen LogP contribution in [0.25, 0.3) is 0 Å². The summed E-state index contributed by atoms with van der Waals surface area (Å²) in [4.78, 5) is 12.4. The highest BCUT2D eigenvalue weighted by Crippen LogP contribution is 2.34. The van der Waals surface area contributed by atoms with E-state index < -0.39 is 15.9 Å². The third kappa shape index (κ3) is 5.97. The van der Waals surface area contributed by atoms with E-state index in [1.165, 1.54) is 25.3 Å². The van der Waals surface area contributed by atoms with Crippen molar-refractivity contribution in [2.45, 2.75) is 5.75 Å². The van der Waals surface area contributed by atoms with Crippen molar-refractivity contribution in [1.82, 2.24) is 4.72 Å². The lowest BCUT2D eigenvalue weighted by molar-refractivity contribution is 0.102. The maximum atomic E-state index is 12.4. The number of rotatable bonds is 8. The first-order valence-corrected chi connectivity index (χ1v) is 10.2. The lowest BCUT2D eigenvalue weighted by Gasteiger charge is -2.10. The quantitative estimate of drug-likeness (QED) is 0.625. The van der Waals surface area contributed by atoms with Gasteiger partial charge in [-0.25, -0.2) is 13.1 Å². The van der Waals surface area contributed by atoms with E-state index in [9.17, 15) is 13.2 Å². The first-order valence-electron chi connectivity index (χ1n) is 7.77. The summed E-state index contributed by atoms with van der Waals surface area (Å²) < 4.78 is 31.2. The summed E-state index contributed by atoms with van der Waals surface area (Å²) >= 11 is 12.1. The molecule has 0 heterocycles. The molecule has 0 aliphatic heterocycles. The van der Waals surface area contributed by atoms with Gasteiger partial charge in [-0.3, -0.25) is 4.79 Å². The molecular formula is C18H18Cl2N2O4S. The van der Waals surface area contributed by atoms with Crippen LogP contribution in [0.5, 0.6) is 5.75 Å². The second kappa shape index (κ2) is 9.23. The van der Waals surface area contributed by atoms with E-state index in [-0.39, 0.29) is 27.9 Å². The van der Waals surface area contributed by atoms with Gasteiger partial charge < -0.3 is 10.1 Å². The monoisotopic (exact) mass is 428 g/mol. The zero-order chi connectivity index (χ0) is 20.0. The molecule has 0 fully saturated rings. The Kier molecular flexibility index (Phi) is 7.26. The van der Waals surface area contributed by atoms with Crippen molar-refractivity contribution in [1.29, 1.82) is 0 Å². The van der Waals surface area contributed by atoms with Gasteiger partial charge in [-0.1, -0.05) is 41.4 Å².